The number of hydrogen-bond acceptors (Lipinski definition) is 5. The molecule has 1 heterocycles. The number of non-ortho nitro benzene ring substituents is 1. The summed E-state index contributed by atoms with van der Waals surface area (Å²) in [4.78, 5) is 37.5. The Kier molecular flexibility index (Phi) is 7.65. The summed E-state index contributed by atoms with van der Waals surface area (Å²) in [6.45, 7) is 7.26. The monoisotopic (exact) mass is 393 g/mol. The molecule has 0 spiro atoms. The normalized spacial score (nSPS) is 16.2. The van der Waals surface area contributed by atoms with Crippen LogP contribution in [0, 0.1) is 16.0 Å². The highest BCUT2D eigenvalue weighted by atomic mass is 32.2. The predicted molar refractivity (Wildman–Crippen MR) is 106 cm³/mol. The van der Waals surface area contributed by atoms with Crippen molar-refractivity contribution in [3.05, 3.63) is 34.4 Å². The van der Waals surface area contributed by atoms with Crippen LogP contribution in [0.2, 0.25) is 0 Å². The number of rotatable bonds is 7. The van der Waals surface area contributed by atoms with Gasteiger partial charge in [-0.05, 0) is 37.8 Å². The molecule has 2 amide bonds. The number of nitro benzene ring substituents is 1. The average molecular weight is 394 g/mol. The van der Waals surface area contributed by atoms with Gasteiger partial charge in [-0.25, -0.2) is 0 Å². The Morgan fingerprint density at radius 2 is 1.81 bits per heavy atom. The molecule has 0 aliphatic carbocycles. The Bertz CT molecular complexity index is 670. The van der Waals surface area contributed by atoms with Crippen molar-refractivity contribution in [2.45, 2.75) is 56.2 Å². The highest BCUT2D eigenvalue weighted by molar-refractivity contribution is 8.00. The summed E-state index contributed by atoms with van der Waals surface area (Å²) in [5.74, 6) is 0.495. The van der Waals surface area contributed by atoms with Crippen LogP contribution in [0.4, 0.5) is 5.69 Å². The first-order valence-corrected chi connectivity index (χ1v) is 10.1. The number of carbonyl (C=O) groups excluding carboxylic acids is 2. The van der Waals surface area contributed by atoms with Gasteiger partial charge in [-0.1, -0.05) is 13.8 Å². The van der Waals surface area contributed by atoms with Crippen LogP contribution in [0.3, 0.4) is 0 Å². The number of piperidine rings is 1. The van der Waals surface area contributed by atoms with E-state index in [1.54, 1.807) is 12.1 Å². The first kappa shape index (κ1) is 21.2. The van der Waals surface area contributed by atoms with Crippen LogP contribution in [-0.2, 0) is 9.59 Å². The van der Waals surface area contributed by atoms with Gasteiger partial charge in [0.25, 0.3) is 5.69 Å². The minimum atomic E-state index is -0.442. The minimum absolute atomic E-state index is 0.0372. The average Bonchev–Trinajstić information content (AvgIpc) is 2.62. The maximum absolute atomic E-state index is 12.4. The Labute approximate surface area is 164 Å². The second kappa shape index (κ2) is 9.73. The number of amides is 2. The number of hydrogen-bond donors (Lipinski definition) is 1. The van der Waals surface area contributed by atoms with Crippen LogP contribution >= 0.6 is 11.8 Å². The van der Waals surface area contributed by atoms with Crippen LogP contribution in [0.15, 0.2) is 29.2 Å². The molecule has 8 heteroatoms. The quantitative estimate of drug-likeness (QED) is 0.436. The molecule has 1 aliphatic rings. The van der Waals surface area contributed by atoms with E-state index in [0.717, 1.165) is 17.7 Å². The zero-order valence-corrected chi connectivity index (χ0v) is 16.8. The van der Waals surface area contributed by atoms with Crippen LogP contribution in [-0.4, -0.2) is 46.0 Å². The molecule has 0 radical (unpaired) electrons. The molecule has 7 nitrogen and oxygen atoms in total. The van der Waals surface area contributed by atoms with Crippen molar-refractivity contribution in [1.82, 2.24) is 10.2 Å². The van der Waals surface area contributed by atoms with Crippen LogP contribution in [0.1, 0.15) is 40.0 Å². The number of thioether (sulfide) groups is 1. The number of nitro groups is 1. The van der Waals surface area contributed by atoms with Crippen molar-refractivity contribution in [1.29, 1.82) is 0 Å². The topological polar surface area (TPSA) is 92.6 Å². The Morgan fingerprint density at radius 3 is 2.33 bits per heavy atom. The minimum Gasteiger partial charge on any atom is -0.352 e. The number of benzene rings is 1. The lowest BCUT2D eigenvalue weighted by molar-refractivity contribution is -0.384. The van der Waals surface area contributed by atoms with Crippen molar-refractivity contribution < 1.29 is 14.5 Å². The fraction of sp³-hybridized carbons (Fsp3) is 0.579. The van der Waals surface area contributed by atoms with Crippen molar-refractivity contribution in [2.75, 3.05) is 13.1 Å². The molecule has 0 bridgehead atoms. The molecule has 1 unspecified atom stereocenters. The van der Waals surface area contributed by atoms with Crippen LogP contribution < -0.4 is 5.32 Å². The molecule has 0 aromatic heterocycles. The fourth-order valence-corrected chi connectivity index (χ4v) is 3.85. The molecular weight excluding hydrogens is 366 g/mol. The third-order valence-corrected chi connectivity index (χ3v) is 5.62. The highest BCUT2D eigenvalue weighted by Crippen LogP contribution is 2.26. The van der Waals surface area contributed by atoms with Crippen LogP contribution in [0.25, 0.3) is 0 Å². The molecule has 0 saturated carbocycles. The van der Waals surface area contributed by atoms with Crippen molar-refractivity contribution >= 4 is 29.3 Å². The number of nitrogens with one attached hydrogen (secondary N) is 1. The zero-order valence-electron chi connectivity index (χ0n) is 16.0. The lowest BCUT2D eigenvalue weighted by Crippen LogP contribution is -2.48. The number of carbonyl (C=O) groups is 2. The smallest absolute Gasteiger partial charge is 0.269 e. The second-order valence-electron chi connectivity index (χ2n) is 7.27. The largest absolute Gasteiger partial charge is 0.352 e. The standard InChI is InChI=1S/C19H27N3O4S/c1-13(2)12-18(23)21-10-8-15(9-11-21)20-19(24)14(3)27-17-6-4-16(5-7-17)22(25)26/h4-7,13-15H,8-12H2,1-3H3,(H,20,24). The molecule has 1 atom stereocenters. The summed E-state index contributed by atoms with van der Waals surface area (Å²) < 4.78 is 0. The van der Waals surface area contributed by atoms with Gasteiger partial charge in [0.15, 0.2) is 0 Å². The van der Waals surface area contributed by atoms with Gasteiger partial charge >= 0.3 is 0 Å². The van der Waals surface area contributed by atoms with Gasteiger partial charge in [0, 0.05) is 42.6 Å². The summed E-state index contributed by atoms with van der Waals surface area (Å²) in [6, 6.07) is 6.28. The molecule has 1 saturated heterocycles. The lowest BCUT2D eigenvalue weighted by Gasteiger charge is -2.33. The highest BCUT2D eigenvalue weighted by Gasteiger charge is 2.25. The molecule has 2 rings (SSSR count). The summed E-state index contributed by atoms with van der Waals surface area (Å²) in [6.07, 6.45) is 2.11. The SMILES string of the molecule is CC(C)CC(=O)N1CCC(NC(=O)C(C)Sc2ccc([N+](=O)[O-])cc2)CC1. The lowest BCUT2D eigenvalue weighted by atomic mass is 10.0. The van der Waals surface area contributed by atoms with Crippen molar-refractivity contribution in [2.24, 2.45) is 5.92 Å². The van der Waals surface area contributed by atoms with Gasteiger partial charge < -0.3 is 10.2 Å². The molecule has 1 aromatic carbocycles. The third kappa shape index (κ3) is 6.53. The van der Waals surface area contributed by atoms with Gasteiger partial charge in [0.1, 0.15) is 0 Å². The van der Waals surface area contributed by atoms with Gasteiger partial charge in [-0.15, -0.1) is 11.8 Å². The summed E-state index contributed by atoms with van der Waals surface area (Å²) >= 11 is 1.37. The van der Waals surface area contributed by atoms with E-state index in [2.05, 4.69) is 5.32 Å². The zero-order chi connectivity index (χ0) is 20.0. The van der Waals surface area contributed by atoms with E-state index >= 15 is 0 Å². The molecule has 1 fully saturated rings. The van der Waals surface area contributed by atoms with E-state index in [9.17, 15) is 19.7 Å². The molecule has 1 aliphatic heterocycles. The predicted octanol–water partition coefficient (Wildman–Crippen LogP) is 3.23. The second-order valence-corrected chi connectivity index (χ2v) is 8.69. The Morgan fingerprint density at radius 1 is 1.22 bits per heavy atom. The van der Waals surface area contributed by atoms with E-state index < -0.39 is 4.92 Å². The third-order valence-electron chi connectivity index (χ3n) is 4.51. The summed E-state index contributed by atoms with van der Waals surface area (Å²) in [5.41, 5.74) is 0.0372. The van der Waals surface area contributed by atoms with E-state index in [0.29, 0.717) is 25.4 Å². The van der Waals surface area contributed by atoms with Gasteiger partial charge in [0.05, 0.1) is 10.2 Å². The van der Waals surface area contributed by atoms with E-state index in [1.807, 2.05) is 25.7 Å². The molecule has 1 aromatic rings. The van der Waals surface area contributed by atoms with Gasteiger partial charge in [-0.2, -0.15) is 0 Å². The molecule has 27 heavy (non-hydrogen) atoms. The van der Waals surface area contributed by atoms with E-state index in [-0.39, 0.29) is 28.8 Å². The summed E-state index contributed by atoms with van der Waals surface area (Å²) in [7, 11) is 0. The Hall–Kier alpha value is -2.09. The van der Waals surface area contributed by atoms with E-state index in [1.165, 1.54) is 23.9 Å². The maximum Gasteiger partial charge on any atom is 0.269 e. The van der Waals surface area contributed by atoms with E-state index in [4.69, 9.17) is 0 Å². The first-order chi connectivity index (χ1) is 12.8. The Balaban J connectivity index is 1.78. The molecule has 148 valence electrons. The van der Waals surface area contributed by atoms with Crippen LogP contribution in [0.5, 0.6) is 0 Å². The van der Waals surface area contributed by atoms with Gasteiger partial charge in [0.2, 0.25) is 11.8 Å². The number of nitrogens with zero attached hydrogens (tertiary/aromatic N) is 2. The fourth-order valence-electron chi connectivity index (χ4n) is 2.97. The maximum atomic E-state index is 12.4. The summed E-state index contributed by atoms with van der Waals surface area (Å²) in [5, 5.41) is 13.5. The molecular formula is C19H27N3O4S. The number of likely N-dealkylation sites (tertiary alicyclic amines) is 1. The molecule has 1 N–H and O–H groups in total. The van der Waals surface area contributed by atoms with Crippen molar-refractivity contribution in [3.63, 3.8) is 0 Å². The first-order valence-electron chi connectivity index (χ1n) is 9.25. The van der Waals surface area contributed by atoms with Crippen molar-refractivity contribution in [3.8, 4) is 0 Å². The van der Waals surface area contributed by atoms with Gasteiger partial charge in [-0.3, -0.25) is 19.7 Å².